The van der Waals surface area contributed by atoms with Gasteiger partial charge in [0.05, 0.1) is 17.2 Å². The molecule has 0 amide bonds. The molecule has 0 spiro atoms. The molecule has 0 unspecified atom stereocenters. The molecule has 2 N–H and O–H groups in total. The summed E-state index contributed by atoms with van der Waals surface area (Å²) >= 11 is 0. The second-order valence-corrected chi connectivity index (χ2v) is 6.98. The van der Waals surface area contributed by atoms with Crippen LogP contribution in [-0.2, 0) is 4.74 Å². The number of ether oxygens (including phenoxy) is 1. The number of aryl methyl sites for hydroxylation is 1. The zero-order valence-electron chi connectivity index (χ0n) is 15.4. The van der Waals surface area contributed by atoms with E-state index in [0.717, 1.165) is 5.56 Å². The monoisotopic (exact) mass is 398 g/mol. The predicted octanol–water partition coefficient (Wildman–Crippen LogP) is 4.18. The highest BCUT2D eigenvalue weighted by molar-refractivity contribution is 5.96. The van der Waals surface area contributed by atoms with Crippen molar-refractivity contribution in [2.75, 3.05) is 5.01 Å². The molecule has 2 aromatic rings. The third-order valence-corrected chi connectivity index (χ3v) is 5.13. The SMILES string of the molecule is Cc1ccc([C@@H]2C(C#N)=C(N)O[C@@H]3[C@@H]2C(C(F)(F)F)=NN3c2ccccc2)cc1. The van der Waals surface area contributed by atoms with Crippen LogP contribution in [0.25, 0.3) is 0 Å². The number of para-hydroxylation sites is 1. The van der Waals surface area contributed by atoms with Crippen LogP contribution in [-0.4, -0.2) is 18.1 Å². The number of hydrogen-bond donors (Lipinski definition) is 1. The van der Waals surface area contributed by atoms with E-state index in [2.05, 4.69) is 5.10 Å². The minimum absolute atomic E-state index is 0.0260. The van der Waals surface area contributed by atoms with Gasteiger partial charge in [-0.15, -0.1) is 0 Å². The lowest BCUT2D eigenvalue weighted by atomic mass is 9.76. The summed E-state index contributed by atoms with van der Waals surface area (Å²) in [7, 11) is 0. The molecular weight excluding hydrogens is 381 g/mol. The molecule has 0 radical (unpaired) electrons. The highest BCUT2D eigenvalue weighted by atomic mass is 19.4. The lowest BCUT2D eigenvalue weighted by Crippen LogP contribution is -2.46. The molecule has 3 atom stereocenters. The van der Waals surface area contributed by atoms with Crippen LogP contribution < -0.4 is 10.7 Å². The van der Waals surface area contributed by atoms with Gasteiger partial charge in [-0.1, -0.05) is 48.0 Å². The van der Waals surface area contributed by atoms with Gasteiger partial charge in [-0.2, -0.15) is 23.5 Å². The van der Waals surface area contributed by atoms with E-state index in [1.165, 1.54) is 5.01 Å². The molecule has 0 aliphatic carbocycles. The number of allylic oxidation sites excluding steroid dienone is 1. The summed E-state index contributed by atoms with van der Waals surface area (Å²) in [4.78, 5) is 0. The third kappa shape index (κ3) is 3.18. The van der Waals surface area contributed by atoms with Crippen molar-refractivity contribution >= 4 is 11.4 Å². The number of hydrogen-bond acceptors (Lipinski definition) is 5. The molecule has 2 aromatic carbocycles. The number of fused-ring (bicyclic) bond motifs is 1. The Morgan fingerprint density at radius 3 is 2.34 bits per heavy atom. The molecule has 4 rings (SSSR count). The van der Waals surface area contributed by atoms with Crippen LogP contribution in [0, 0.1) is 24.2 Å². The van der Waals surface area contributed by atoms with Crippen molar-refractivity contribution in [1.82, 2.24) is 0 Å². The van der Waals surface area contributed by atoms with Gasteiger partial charge < -0.3 is 10.5 Å². The molecule has 2 aliphatic heterocycles. The quantitative estimate of drug-likeness (QED) is 0.823. The van der Waals surface area contributed by atoms with Gasteiger partial charge in [0.1, 0.15) is 6.07 Å². The molecule has 0 bridgehead atoms. The lowest BCUT2D eigenvalue weighted by molar-refractivity contribution is -0.0658. The Labute approximate surface area is 165 Å². The number of anilines is 1. The Kier molecular flexibility index (Phi) is 4.46. The summed E-state index contributed by atoms with van der Waals surface area (Å²) < 4.78 is 47.5. The summed E-state index contributed by atoms with van der Waals surface area (Å²) in [6.07, 6.45) is -5.80. The molecule has 0 fully saturated rings. The van der Waals surface area contributed by atoms with Gasteiger partial charge in [0.2, 0.25) is 12.1 Å². The van der Waals surface area contributed by atoms with E-state index < -0.39 is 30.0 Å². The average Bonchev–Trinajstić information content (AvgIpc) is 3.08. The first kappa shape index (κ1) is 18.9. The van der Waals surface area contributed by atoms with Gasteiger partial charge in [0, 0.05) is 5.92 Å². The van der Waals surface area contributed by atoms with Crippen molar-refractivity contribution in [3.05, 3.63) is 77.2 Å². The van der Waals surface area contributed by atoms with Crippen molar-refractivity contribution in [2.24, 2.45) is 16.8 Å². The second-order valence-electron chi connectivity index (χ2n) is 6.98. The standard InChI is InChI=1S/C21H17F3N4O/c1-12-7-9-13(10-8-12)16-15(11-25)19(26)29-20-17(16)18(21(22,23)24)27-28(20)14-5-3-2-4-6-14/h2-10,16-17,20H,26H2,1H3/t16-,17+,20-/m1/s1. The van der Waals surface area contributed by atoms with E-state index in [4.69, 9.17) is 10.5 Å². The number of rotatable bonds is 2. The number of hydrazone groups is 1. The largest absolute Gasteiger partial charge is 0.452 e. The van der Waals surface area contributed by atoms with Crippen LogP contribution in [0.1, 0.15) is 17.0 Å². The van der Waals surface area contributed by atoms with Gasteiger partial charge in [-0.25, -0.2) is 5.01 Å². The lowest BCUT2D eigenvalue weighted by Gasteiger charge is -2.37. The van der Waals surface area contributed by atoms with E-state index >= 15 is 0 Å². The Morgan fingerprint density at radius 1 is 1.10 bits per heavy atom. The Bertz CT molecular complexity index is 1020. The fourth-order valence-electron chi connectivity index (χ4n) is 3.80. The molecule has 148 valence electrons. The number of nitrogens with zero attached hydrogens (tertiary/aromatic N) is 3. The van der Waals surface area contributed by atoms with Crippen molar-refractivity contribution in [3.63, 3.8) is 0 Å². The van der Waals surface area contributed by atoms with Crippen molar-refractivity contribution in [1.29, 1.82) is 5.26 Å². The average molecular weight is 398 g/mol. The van der Waals surface area contributed by atoms with Crippen molar-refractivity contribution in [3.8, 4) is 6.07 Å². The Balaban J connectivity index is 1.90. The highest BCUT2D eigenvalue weighted by Gasteiger charge is 2.57. The number of nitrogens with two attached hydrogens (primary N) is 1. The molecule has 0 saturated carbocycles. The summed E-state index contributed by atoms with van der Waals surface area (Å²) in [5.74, 6) is -2.34. The molecule has 2 heterocycles. The summed E-state index contributed by atoms with van der Waals surface area (Å²) in [6.45, 7) is 1.88. The van der Waals surface area contributed by atoms with E-state index in [-0.39, 0.29) is 11.5 Å². The third-order valence-electron chi connectivity index (χ3n) is 5.13. The van der Waals surface area contributed by atoms with Gasteiger partial charge in [-0.3, -0.25) is 0 Å². The normalized spacial score (nSPS) is 23.9. The predicted molar refractivity (Wildman–Crippen MR) is 102 cm³/mol. The number of nitriles is 1. The molecule has 29 heavy (non-hydrogen) atoms. The van der Waals surface area contributed by atoms with Crippen LogP contribution >= 0.6 is 0 Å². The summed E-state index contributed by atoms with van der Waals surface area (Å²) in [5.41, 5.74) is 6.91. The van der Waals surface area contributed by atoms with E-state index in [9.17, 15) is 18.4 Å². The van der Waals surface area contributed by atoms with Crippen LogP contribution in [0.5, 0.6) is 0 Å². The van der Waals surface area contributed by atoms with E-state index in [1.54, 1.807) is 54.6 Å². The van der Waals surface area contributed by atoms with Crippen molar-refractivity contribution < 1.29 is 17.9 Å². The van der Waals surface area contributed by atoms with Crippen LogP contribution in [0.4, 0.5) is 18.9 Å². The first-order valence-electron chi connectivity index (χ1n) is 8.94. The Morgan fingerprint density at radius 2 is 1.76 bits per heavy atom. The Hall–Kier alpha value is -3.47. The van der Waals surface area contributed by atoms with Crippen LogP contribution in [0.2, 0.25) is 0 Å². The van der Waals surface area contributed by atoms with E-state index in [1.807, 2.05) is 13.0 Å². The van der Waals surface area contributed by atoms with Crippen LogP contribution in [0.3, 0.4) is 0 Å². The van der Waals surface area contributed by atoms with Crippen molar-refractivity contribution in [2.45, 2.75) is 25.2 Å². The fourth-order valence-corrected chi connectivity index (χ4v) is 3.80. The van der Waals surface area contributed by atoms with Gasteiger partial charge in [-0.05, 0) is 24.6 Å². The minimum atomic E-state index is -4.69. The maximum absolute atomic E-state index is 14.0. The maximum atomic E-state index is 14.0. The summed E-state index contributed by atoms with van der Waals surface area (Å²) in [6, 6.07) is 17.4. The number of alkyl halides is 3. The molecule has 5 nitrogen and oxygen atoms in total. The maximum Gasteiger partial charge on any atom is 0.431 e. The zero-order valence-corrected chi connectivity index (χ0v) is 15.4. The molecule has 0 aromatic heterocycles. The van der Waals surface area contributed by atoms with E-state index in [0.29, 0.717) is 11.3 Å². The van der Waals surface area contributed by atoms with Gasteiger partial charge >= 0.3 is 6.18 Å². The second kappa shape index (κ2) is 6.85. The summed E-state index contributed by atoms with van der Waals surface area (Å²) in [5, 5.41) is 14.7. The minimum Gasteiger partial charge on any atom is -0.452 e. The number of benzene rings is 2. The molecule has 8 heteroatoms. The first-order valence-corrected chi connectivity index (χ1v) is 8.94. The van der Waals surface area contributed by atoms with Gasteiger partial charge in [0.25, 0.3) is 0 Å². The molecule has 0 saturated heterocycles. The number of halogens is 3. The zero-order chi connectivity index (χ0) is 20.8. The smallest absolute Gasteiger partial charge is 0.431 e. The molecular formula is C21H17F3N4O. The fraction of sp³-hybridized carbons (Fsp3) is 0.238. The topological polar surface area (TPSA) is 74.6 Å². The molecule has 2 aliphatic rings. The first-order chi connectivity index (χ1) is 13.8. The highest BCUT2D eigenvalue weighted by Crippen LogP contribution is 2.48. The van der Waals surface area contributed by atoms with Gasteiger partial charge in [0.15, 0.2) is 5.71 Å². The van der Waals surface area contributed by atoms with Crippen LogP contribution in [0.15, 0.2) is 71.2 Å².